The van der Waals surface area contributed by atoms with Crippen LogP contribution < -0.4 is 5.32 Å². The van der Waals surface area contributed by atoms with E-state index in [1.165, 1.54) is 5.56 Å². The average Bonchev–Trinajstić information content (AvgIpc) is 2.55. The maximum Gasteiger partial charge on any atom is 0.161 e. The highest BCUT2D eigenvalue weighted by Gasteiger charge is 2.01. The summed E-state index contributed by atoms with van der Waals surface area (Å²) in [6, 6.07) is 22.1. The number of rotatable bonds is 4. The zero-order valence-electron chi connectivity index (χ0n) is 11.0. The van der Waals surface area contributed by atoms with Crippen molar-refractivity contribution in [2.24, 2.45) is 0 Å². The van der Waals surface area contributed by atoms with Crippen molar-refractivity contribution in [3.63, 3.8) is 0 Å². The van der Waals surface area contributed by atoms with E-state index >= 15 is 0 Å². The van der Waals surface area contributed by atoms with Gasteiger partial charge in [0.05, 0.1) is 0 Å². The highest BCUT2D eigenvalue weighted by molar-refractivity contribution is 5.56. The van der Waals surface area contributed by atoms with E-state index in [2.05, 4.69) is 27.4 Å². The second-order valence-electron chi connectivity index (χ2n) is 4.47. The third kappa shape index (κ3) is 3.01. The van der Waals surface area contributed by atoms with Crippen molar-refractivity contribution in [1.82, 2.24) is 9.97 Å². The standard InChI is InChI=1S/C17H15N3/c1-3-7-14(8-4-1)13-19-16-11-12-18-17(20-16)15-9-5-2-6-10-15/h1-12H,13H2,(H,18,19,20). The lowest BCUT2D eigenvalue weighted by molar-refractivity contribution is 1.09. The van der Waals surface area contributed by atoms with Crippen LogP contribution in [0.4, 0.5) is 5.82 Å². The molecule has 0 spiro atoms. The molecule has 3 heteroatoms. The normalized spacial score (nSPS) is 10.2. The molecule has 0 aliphatic heterocycles. The zero-order valence-corrected chi connectivity index (χ0v) is 11.0. The molecule has 0 radical (unpaired) electrons. The van der Waals surface area contributed by atoms with Crippen LogP contribution in [0.15, 0.2) is 72.9 Å². The van der Waals surface area contributed by atoms with Gasteiger partial charge in [0.2, 0.25) is 0 Å². The second kappa shape index (κ2) is 5.97. The Labute approximate surface area is 118 Å². The SMILES string of the molecule is c1ccc(CNc2ccnc(-c3ccccc3)n2)cc1. The minimum Gasteiger partial charge on any atom is -0.366 e. The van der Waals surface area contributed by atoms with Gasteiger partial charge in [0.15, 0.2) is 5.82 Å². The number of hydrogen-bond donors (Lipinski definition) is 1. The first kappa shape index (κ1) is 12.4. The van der Waals surface area contributed by atoms with Crippen molar-refractivity contribution in [3.05, 3.63) is 78.5 Å². The number of hydrogen-bond acceptors (Lipinski definition) is 3. The molecule has 0 amide bonds. The van der Waals surface area contributed by atoms with Gasteiger partial charge in [0.1, 0.15) is 5.82 Å². The van der Waals surface area contributed by atoms with Gasteiger partial charge in [0, 0.05) is 18.3 Å². The Morgan fingerprint density at radius 3 is 2.25 bits per heavy atom. The van der Waals surface area contributed by atoms with Gasteiger partial charge in [-0.3, -0.25) is 0 Å². The van der Waals surface area contributed by atoms with Crippen LogP contribution in [-0.2, 0) is 6.54 Å². The van der Waals surface area contributed by atoms with Gasteiger partial charge in [-0.05, 0) is 11.6 Å². The Balaban J connectivity index is 1.75. The number of aromatic nitrogens is 2. The lowest BCUT2D eigenvalue weighted by Gasteiger charge is -2.07. The summed E-state index contributed by atoms with van der Waals surface area (Å²) in [4.78, 5) is 8.85. The van der Waals surface area contributed by atoms with E-state index < -0.39 is 0 Å². The third-order valence-corrected chi connectivity index (χ3v) is 3.00. The first-order chi connectivity index (χ1) is 9.92. The van der Waals surface area contributed by atoms with Crippen LogP contribution in [-0.4, -0.2) is 9.97 Å². The van der Waals surface area contributed by atoms with E-state index in [1.807, 2.05) is 54.6 Å². The Hall–Kier alpha value is -2.68. The van der Waals surface area contributed by atoms with Crippen LogP contribution in [0.25, 0.3) is 11.4 Å². The summed E-state index contributed by atoms with van der Waals surface area (Å²) in [5, 5.41) is 3.32. The average molecular weight is 261 g/mol. The number of nitrogens with zero attached hydrogens (tertiary/aromatic N) is 2. The molecule has 0 saturated heterocycles. The molecule has 0 atom stereocenters. The van der Waals surface area contributed by atoms with E-state index in [9.17, 15) is 0 Å². The Morgan fingerprint density at radius 1 is 0.800 bits per heavy atom. The lowest BCUT2D eigenvalue weighted by atomic mass is 10.2. The maximum atomic E-state index is 4.54. The molecule has 2 aromatic carbocycles. The lowest BCUT2D eigenvalue weighted by Crippen LogP contribution is -2.02. The first-order valence-corrected chi connectivity index (χ1v) is 6.58. The van der Waals surface area contributed by atoms with Gasteiger partial charge in [-0.15, -0.1) is 0 Å². The summed E-state index contributed by atoms with van der Waals surface area (Å²) < 4.78 is 0. The van der Waals surface area contributed by atoms with Crippen LogP contribution in [0.3, 0.4) is 0 Å². The van der Waals surface area contributed by atoms with Gasteiger partial charge in [-0.1, -0.05) is 60.7 Å². The maximum absolute atomic E-state index is 4.54. The molecule has 0 bridgehead atoms. The molecule has 1 aromatic heterocycles. The molecule has 3 nitrogen and oxygen atoms in total. The van der Waals surface area contributed by atoms with Crippen molar-refractivity contribution < 1.29 is 0 Å². The topological polar surface area (TPSA) is 37.8 Å². The van der Waals surface area contributed by atoms with Crippen molar-refractivity contribution in [1.29, 1.82) is 0 Å². The van der Waals surface area contributed by atoms with E-state index in [0.29, 0.717) is 0 Å². The minimum atomic E-state index is 0.740. The largest absolute Gasteiger partial charge is 0.366 e. The summed E-state index contributed by atoms with van der Waals surface area (Å²) in [5.74, 6) is 1.58. The fourth-order valence-electron chi connectivity index (χ4n) is 1.97. The molecule has 3 rings (SSSR count). The summed E-state index contributed by atoms with van der Waals surface area (Å²) in [6.45, 7) is 0.756. The molecule has 1 N–H and O–H groups in total. The summed E-state index contributed by atoms with van der Waals surface area (Å²) in [7, 11) is 0. The van der Waals surface area contributed by atoms with Crippen LogP contribution in [0.5, 0.6) is 0 Å². The van der Waals surface area contributed by atoms with Crippen LogP contribution in [0.1, 0.15) is 5.56 Å². The minimum absolute atomic E-state index is 0.740. The van der Waals surface area contributed by atoms with E-state index in [0.717, 1.165) is 23.8 Å². The zero-order chi connectivity index (χ0) is 13.6. The molecule has 98 valence electrons. The van der Waals surface area contributed by atoms with Gasteiger partial charge in [-0.25, -0.2) is 9.97 Å². The summed E-state index contributed by atoms with van der Waals surface area (Å²) in [6.07, 6.45) is 1.78. The third-order valence-electron chi connectivity index (χ3n) is 3.00. The molecule has 0 saturated carbocycles. The molecular weight excluding hydrogens is 246 g/mol. The molecule has 0 aliphatic rings. The fraction of sp³-hybridized carbons (Fsp3) is 0.0588. The van der Waals surface area contributed by atoms with Crippen molar-refractivity contribution in [2.45, 2.75) is 6.54 Å². The molecule has 0 unspecified atom stereocenters. The quantitative estimate of drug-likeness (QED) is 0.777. The van der Waals surface area contributed by atoms with Crippen LogP contribution in [0, 0.1) is 0 Å². The number of nitrogens with one attached hydrogen (secondary N) is 1. The van der Waals surface area contributed by atoms with Crippen molar-refractivity contribution in [2.75, 3.05) is 5.32 Å². The molecule has 0 aliphatic carbocycles. The Morgan fingerprint density at radius 2 is 1.50 bits per heavy atom. The highest BCUT2D eigenvalue weighted by atomic mass is 15.0. The molecule has 1 heterocycles. The predicted octanol–water partition coefficient (Wildman–Crippen LogP) is 3.76. The monoisotopic (exact) mass is 261 g/mol. The van der Waals surface area contributed by atoms with Crippen LogP contribution >= 0.6 is 0 Å². The second-order valence-corrected chi connectivity index (χ2v) is 4.47. The van der Waals surface area contributed by atoms with E-state index in [4.69, 9.17) is 0 Å². The molecule has 20 heavy (non-hydrogen) atoms. The molecule has 3 aromatic rings. The number of benzene rings is 2. The molecular formula is C17H15N3. The summed E-state index contributed by atoms with van der Waals surface area (Å²) >= 11 is 0. The first-order valence-electron chi connectivity index (χ1n) is 6.58. The molecule has 0 fully saturated rings. The van der Waals surface area contributed by atoms with Gasteiger partial charge in [-0.2, -0.15) is 0 Å². The van der Waals surface area contributed by atoms with E-state index in [1.54, 1.807) is 6.20 Å². The number of anilines is 1. The van der Waals surface area contributed by atoms with E-state index in [-0.39, 0.29) is 0 Å². The Kier molecular flexibility index (Phi) is 3.69. The van der Waals surface area contributed by atoms with Gasteiger partial charge < -0.3 is 5.32 Å². The summed E-state index contributed by atoms with van der Waals surface area (Å²) in [5.41, 5.74) is 2.25. The smallest absolute Gasteiger partial charge is 0.161 e. The highest BCUT2D eigenvalue weighted by Crippen LogP contribution is 2.15. The van der Waals surface area contributed by atoms with Crippen molar-refractivity contribution >= 4 is 5.82 Å². The fourth-order valence-corrected chi connectivity index (χ4v) is 1.97. The Bertz CT molecular complexity index is 666. The predicted molar refractivity (Wildman–Crippen MR) is 81.2 cm³/mol. The van der Waals surface area contributed by atoms with Gasteiger partial charge >= 0.3 is 0 Å². The van der Waals surface area contributed by atoms with Crippen LogP contribution in [0.2, 0.25) is 0 Å². The van der Waals surface area contributed by atoms with Crippen molar-refractivity contribution in [3.8, 4) is 11.4 Å². The van der Waals surface area contributed by atoms with Gasteiger partial charge in [0.25, 0.3) is 0 Å².